The Hall–Kier alpha value is -2.76. The Bertz CT molecular complexity index is 844. The van der Waals surface area contributed by atoms with Crippen molar-refractivity contribution in [2.75, 3.05) is 0 Å². The van der Waals surface area contributed by atoms with Gasteiger partial charge in [-0.25, -0.2) is 13.8 Å². The number of aromatic amines is 1. The maximum absolute atomic E-state index is 13.2. The maximum atomic E-state index is 13.2. The molecule has 0 unspecified atom stereocenters. The summed E-state index contributed by atoms with van der Waals surface area (Å²) in [4.78, 5) is 18.5. The number of benzene rings is 2. The number of hydrogen-bond donors (Lipinski definition) is 1. The number of H-pyrrole nitrogens is 1. The van der Waals surface area contributed by atoms with Gasteiger partial charge in [0.05, 0.1) is 10.9 Å². The molecule has 3 aromatic rings. The molecule has 0 saturated heterocycles. The van der Waals surface area contributed by atoms with Crippen LogP contribution in [0.25, 0.3) is 10.9 Å². The van der Waals surface area contributed by atoms with Gasteiger partial charge in [-0.1, -0.05) is 0 Å². The van der Waals surface area contributed by atoms with Gasteiger partial charge in [0.15, 0.2) is 0 Å². The van der Waals surface area contributed by atoms with Crippen molar-refractivity contribution < 1.29 is 13.5 Å². The number of nitrogens with one attached hydrogen (secondary N) is 1. The van der Waals surface area contributed by atoms with Crippen LogP contribution in [0.5, 0.6) is 5.75 Å². The van der Waals surface area contributed by atoms with Gasteiger partial charge in [-0.05, 0) is 36.4 Å². The molecule has 1 heterocycles. The van der Waals surface area contributed by atoms with Crippen LogP contribution in [0.15, 0.2) is 47.3 Å². The van der Waals surface area contributed by atoms with Gasteiger partial charge in [0.2, 0.25) is 0 Å². The Morgan fingerprint density at radius 2 is 1.76 bits per heavy atom. The average molecular weight is 288 g/mol. The van der Waals surface area contributed by atoms with Gasteiger partial charge >= 0.3 is 0 Å². The van der Waals surface area contributed by atoms with Gasteiger partial charge < -0.3 is 9.72 Å². The van der Waals surface area contributed by atoms with Crippen molar-refractivity contribution in [3.63, 3.8) is 0 Å². The van der Waals surface area contributed by atoms with Crippen LogP contribution in [0.2, 0.25) is 0 Å². The second-order valence-corrected chi connectivity index (χ2v) is 4.42. The zero-order valence-electron chi connectivity index (χ0n) is 10.8. The lowest BCUT2D eigenvalue weighted by Gasteiger charge is -2.06. The van der Waals surface area contributed by atoms with E-state index in [1.165, 1.54) is 42.5 Å². The molecular weight excluding hydrogens is 278 g/mol. The smallest absolute Gasteiger partial charge is 0.258 e. The van der Waals surface area contributed by atoms with Crippen LogP contribution in [0.4, 0.5) is 8.78 Å². The zero-order chi connectivity index (χ0) is 14.8. The number of rotatable bonds is 3. The maximum Gasteiger partial charge on any atom is 0.258 e. The predicted octanol–water partition coefficient (Wildman–Crippen LogP) is 2.78. The van der Waals surface area contributed by atoms with Gasteiger partial charge in [0.1, 0.15) is 29.8 Å². The van der Waals surface area contributed by atoms with Gasteiger partial charge in [-0.2, -0.15) is 0 Å². The molecule has 0 atom stereocenters. The molecule has 3 rings (SSSR count). The van der Waals surface area contributed by atoms with Crippen molar-refractivity contribution in [3.05, 3.63) is 70.3 Å². The fourth-order valence-corrected chi connectivity index (χ4v) is 1.91. The first-order valence-electron chi connectivity index (χ1n) is 6.19. The van der Waals surface area contributed by atoms with Crippen molar-refractivity contribution in [3.8, 4) is 5.75 Å². The van der Waals surface area contributed by atoms with Gasteiger partial charge in [-0.15, -0.1) is 0 Å². The van der Waals surface area contributed by atoms with Crippen LogP contribution in [0.3, 0.4) is 0 Å². The van der Waals surface area contributed by atoms with Crippen LogP contribution in [0.1, 0.15) is 5.82 Å². The van der Waals surface area contributed by atoms with E-state index in [0.29, 0.717) is 11.1 Å². The number of hydrogen-bond acceptors (Lipinski definition) is 3. The van der Waals surface area contributed by atoms with Crippen molar-refractivity contribution in [1.29, 1.82) is 0 Å². The Balaban J connectivity index is 1.87. The van der Waals surface area contributed by atoms with E-state index in [0.717, 1.165) is 0 Å². The highest BCUT2D eigenvalue weighted by atomic mass is 19.1. The molecule has 0 fully saturated rings. The highest BCUT2D eigenvalue weighted by Gasteiger charge is 2.06. The quantitative estimate of drug-likeness (QED) is 0.806. The Kier molecular flexibility index (Phi) is 3.35. The summed E-state index contributed by atoms with van der Waals surface area (Å²) < 4.78 is 31.3. The van der Waals surface area contributed by atoms with E-state index in [-0.39, 0.29) is 29.3 Å². The monoisotopic (exact) mass is 288 g/mol. The molecule has 6 heteroatoms. The molecule has 1 aromatic heterocycles. The summed E-state index contributed by atoms with van der Waals surface area (Å²) in [5.74, 6) is -0.123. The number of nitrogens with zero attached hydrogens (tertiary/aromatic N) is 1. The molecule has 0 bridgehead atoms. The van der Waals surface area contributed by atoms with Crippen LogP contribution >= 0.6 is 0 Å². The molecule has 106 valence electrons. The van der Waals surface area contributed by atoms with Crippen LogP contribution in [-0.2, 0) is 6.61 Å². The highest BCUT2D eigenvalue weighted by Crippen LogP contribution is 2.13. The normalized spacial score (nSPS) is 10.8. The summed E-state index contributed by atoms with van der Waals surface area (Å²) in [5.41, 5.74) is -0.103. The molecular formula is C15H10F2N2O2. The lowest BCUT2D eigenvalue weighted by atomic mass is 10.2. The zero-order valence-corrected chi connectivity index (χ0v) is 10.8. The minimum Gasteiger partial charge on any atom is -0.486 e. The van der Waals surface area contributed by atoms with Gasteiger partial charge in [0, 0.05) is 6.07 Å². The summed E-state index contributed by atoms with van der Waals surface area (Å²) >= 11 is 0. The molecule has 0 aliphatic carbocycles. The largest absolute Gasteiger partial charge is 0.486 e. The second kappa shape index (κ2) is 5.32. The third kappa shape index (κ3) is 2.89. The van der Waals surface area contributed by atoms with Crippen LogP contribution in [0, 0.1) is 11.6 Å². The third-order valence-corrected chi connectivity index (χ3v) is 2.91. The first-order chi connectivity index (χ1) is 10.1. The number of ether oxygens (including phenoxy) is 1. The summed E-state index contributed by atoms with van der Waals surface area (Å²) in [6.45, 7) is -0.00662. The minimum atomic E-state index is -0.467. The standard InChI is InChI=1S/C15H10F2N2O2/c16-9-1-4-11(5-2-9)21-8-14-18-13-7-10(17)3-6-12(13)15(20)19-14/h1-7H,8H2,(H,18,19,20). The lowest BCUT2D eigenvalue weighted by molar-refractivity contribution is 0.295. The molecule has 0 aliphatic rings. The van der Waals surface area contributed by atoms with Gasteiger partial charge in [0.25, 0.3) is 5.56 Å². The van der Waals surface area contributed by atoms with E-state index in [9.17, 15) is 13.6 Å². The van der Waals surface area contributed by atoms with Crippen LogP contribution in [-0.4, -0.2) is 9.97 Å². The van der Waals surface area contributed by atoms with E-state index in [1.807, 2.05) is 0 Å². The van der Waals surface area contributed by atoms with E-state index in [1.54, 1.807) is 0 Å². The molecule has 0 amide bonds. The molecule has 21 heavy (non-hydrogen) atoms. The van der Waals surface area contributed by atoms with Gasteiger partial charge in [-0.3, -0.25) is 4.79 Å². The minimum absolute atomic E-state index is 0.00662. The number of halogens is 2. The van der Waals surface area contributed by atoms with E-state index >= 15 is 0 Å². The summed E-state index contributed by atoms with van der Waals surface area (Å²) in [7, 11) is 0. The molecule has 0 aliphatic heterocycles. The van der Waals surface area contributed by atoms with Crippen molar-refractivity contribution >= 4 is 10.9 Å². The molecule has 0 saturated carbocycles. The van der Waals surface area contributed by atoms with Crippen LogP contribution < -0.4 is 10.3 Å². The summed E-state index contributed by atoms with van der Waals surface area (Å²) in [6.07, 6.45) is 0. The Labute approximate surface area is 118 Å². The van der Waals surface area contributed by atoms with E-state index in [2.05, 4.69) is 9.97 Å². The molecule has 0 radical (unpaired) electrons. The number of aromatic nitrogens is 2. The predicted molar refractivity (Wildman–Crippen MR) is 73.1 cm³/mol. The SMILES string of the molecule is O=c1[nH]c(COc2ccc(F)cc2)nc2cc(F)ccc12. The fraction of sp³-hybridized carbons (Fsp3) is 0.0667. The number of fused-ring (bicyclic) bond motifs is 1. The molecule has 0 spiro atoms. The van der Waals surface area contributed by atoms with E-state index in [4.69, 9.17) is 4.74 Å². The first kappa shape index (κ1) is 13.2. The molecule has 2 aromatic carbocycles. The van der Waals surface area contributed by atoms with Crippen molar-refractivity contribution in [2.24, 2.45) is 0 Å². The Morgan fingerprint density at radius 3 is 2.52 bits per heavy atom. The average Bonchev–Trinajstić information content (AvgIpc) is 2.46. The van der Waals surface area contributed by atoms with E-state index < -0.39 is 5.82 Å². The first-order valence-corrected chi connectivity index (χ1v) is 6.19. The highest BCUT2D eigenvalue weighted by molar-refractivity contribution is 5.77. The molecule has 1 N–H and O–H groups in total. The Morgan fingerprint density at radius 1 is 1.05 bits per heavy atom. The third-order valence-electron chi connectivity index (χ3n) is 2.91. The summed E-state index contributed by atoms with van der Waals surface area (Å²) in [6, 6.07) is 9.23. The summed E-state index contributed by atoms with van der Waals surface area (Å²) in [5, 5.41) is 0.307. The fourth-order valence-electron chi connectivity index (χ4n) is 1.91. The second-order valence-electron chi connectivity index (χ2n) is 4.42. The van der Waals surface area contributed by atoms with Crippen molar-refractivity contribution in [1.82, 2.24) is 9.97 Å². The topological polar surface area (TPSA) is 55.0 Å². The molecule has 4 nitrogen and oxygen atoms in total. The lowest BCUT2D eigenvalue weighted by Crippen LogP contribution is -2.13. The van der Waals surface area contributed by atoms with Crippen molar-refractivity contribution in [2.45, 2.75) is 6.61 Å².